The van der Waals surface area contributed by atoms with Gasteiger partial charge in [0.2, 0.25) is 0 Å². The Morgan fingerprint density at radius 2 is 2.18 bits per heavy atom. The Balaban J connectivity index is 2.85. The summed E-state index contributed by atoms with van der Waals surface area (Å²) in [5, 5.41) is 3.29. The molecule has 0 aromatic rings. The average molecular weight is 157 g/mol. The molecule has 0 amide bonds. The molecular weight excluding hydrogens is 138 g/mol. The van der Waals surface area contributed by atoms with Crippen LogP contribution < -0.4 is 5.32 Å². The Hall–Kier alpha value is -0.340. The zero-order valence-electron chi connectivity index (χ0n) is 7.65. The molecule has 0 aromatic heterocycles. The van der Waals surface area contributed by atoms with Gasteiger partial charge in [-0.3, -0.25) is 0 Å². The fourth-order valence-corrected chi connectivity index (χ4v) is 0.798. The molecule has 0 radical (unpaired) electrons. The lowest BCUT2D eigenvalue weighted by atomic mass is 10.3. The van der Waals surface area contributed by atoms with E-state index in [0.717, 1.165) is 26.1 Å². The molecule has 0 aliphatic heterocycles. The summed E-state index contributed by atoms with van der Waals surface area (Å²) in [4.78, 5) is 0. The maximum absolute atomic E-state index is 4.92. The van der Waals surface area contributed by atoms with Crippen molar-refractivity contribution in [3.63, 3.8) is 0 Å². The van der Waals surface area contributed by atoms with Crippen LogP contribution in [0.1, 0.15) is 19.8 Å². The molecule has 11 heavy (non-hydrogen) atoms. The van der Waals surface area contributed by atoms with Gasteiger partial charge in [-0.05, 0) is 26.3 Å². The summed E-state index contributed by atoms with van der Waals surface area (Å²) in [5.74, 6) is 0. The molecule has 2 nitrogen and oxygen atoms in total. The van der Waals surface area contributed by atoms with Gasteiger partial charge in [0.15, 0.2) is 0 Å². The Labute approximate surface area is 69.6 Å². The average Bonchev–Trinajstić information content (AvgIpc) is 1.96. The molecule has 0 aliphatic carbocycles. The normalized spacial score (nSPS) is 10.0. The third kappa shape index (κ3) is 9.66. The maximum Gasteiger partial charge on any atom is 0.0462 e. The maximum atomic E-state index is 4.92. The van der Waals surface area contributed by atoms with Crippen LogP contribution in [0.25, 0.3) is 0 Å². The second kappa shape index (κ2) is 7.76. The van der Waals surface area contributed by atoms with E-state index in [2.05, 4.69) is 11.9 Å². The minimum Gasteiger partial charge on any atom is -0.385 e. The predicted octanol–water partition coefficient (Wildman–Crippen LogP) is 1.58. The van der Waals surface area contributed by atoms with Gasteiger partial charge >= 0.3 is 0 Å². The van der Waals surface area contributed by atoms with E-state index in [-0.39, 0.29) is 0 Å². The van der Waals surface area contributed by atoms with Crippen molar-refractivity contribution in [1.82, 2.24) is 5.32 Å². The number of hydrogen-bond acceptors (Lipinski definition) is 2. The van der Waals surface area contributed by atoms with Crippen molar-refractivity contribution in [2.45, 2.75) is 19.8 Å². The van der Waals surface area contributed by atoms with E-state index in [0.29, 0.717) is 0 Å². The van der Waals surface area contributed by atoms with Gasteiger partial charge in [-0.2, -0.15) is 0 Å². The predicted molar refractivity (Wildman–Crippen MR) is 48.8 cm³/mol. The largest absolute Gasteiger partial charge is 0.385 e. The quantitative estimate of drug-likeness (QED) is 0.447. The molecular formula is C9H19NO. The first-order valence-corrected chi connectivity index (χ1v) is 4.11. The summed E-state index contributed by atoms with van der Waals surface area (Å²) in [6.45, 7) is 8.70. The molecule has 0 unspecified atom stereocenters. The van der Waals surface area contributed by atoms with Gasteiger partial charge in [-0.15, -0.1) is 0 Å². The number of ether oxygens (including phenoxy) is 1. The molecule has 0 aliphatic rings. The highest BCUT2D eigenvalue weighted by molar-refractivity contribution is 4.90. The van der Waals surface area contributed by atoms with Crippen molar-refractivity contribution < 1.29 is 4.74 Å². The van der Waals surface area contributed by atoms with E-state index in [4.69, 9.17) is 4.74 Å². The fourth-order valence-electron chi connectivity index (χ4n) is 0.798. The Morgan fingerprint density at radius 1 is 1.45 bits per heavy atom. The fraction of sp³-hybridized carbons (Fsp3) is 0.778. The highest BCUT2D eigenvalue weighted by atomic mass is 16.5. The van der Waals surface area contributed by atoms with Crippen LogP contribution in [-0.2, 0) is 4.74 Å². The van der Waals surface area contributed by atoms with Gasteiger partial charge < -0.3 is 10.1 Å². The third-order valence-electron chi connectivity index (χ3n) is 1.38. The number of methoxy groups -OCH3 is 1. The van der Waals surface area contributed by atoms with Gasteiger partial charge in [0.1, 0.15) is 0 Å². The van der Waals surface area contributed by atoms with Crippen molar-refractivity contribution in [1.29, 1.82) is 0 Å². The van der Waals surface area contributed by atoms with Crippen molar-refractivity contribution in [2.75, 3.05) is 26.8 Å². The molecule has 0 fully saturated rings. The van der Waals surface area contributed by atoms with Crippen LogP contribution in [0.5, 0.6) is 0 Å². The molecule has 0 rings (SSSR count). The third-order valence-corrected chi connectivity index (χ3v) is 1.38. The summed E-state index contributed by atoms with van der Waals surface area (Å²) in [6, 6.07) is 0. The molecule has 0 saturated heterocycles. The monoisotopic (exact) mass is 157 g/mol. The lowest BCUT2D eigenvalue weighted by Crippen LogP contribution is -2.17. The van der Waals surface area contributed by atoms with Crippen molar-refractivity contribution in [3.05, 3.63) is 12.2 Å². The highest BCUT2D eigenvalue weighted by Crippen LogP contribution is 1.87. The second-order valence-electron chi connectivity index (χ2n) is 2.83. The minimum atomic E-state index is 0.870. The van der Waals surface area contributed by atoms with E-state index in [9.17, 15) is 0 Å². The summed E-state index contributed by atoms with van der Waals surface area (Å²) in [7, 11) is 1.74. The highest BCUT2D eigenvalue weighted by Gasteiger charge is 1.87. The molecule has 0 heterocycles. The number of unbranched alkanes of at least 4 members (excludes halogenated alkanes) is 1. The lowest BCUT2D eigenvalue weighted by molar-refractivity contribution is 0.193. The van der Waals surface area contributed by atoms with E-state index < -0.39 is 0 Å². The lowest BCUT2D eigenvalue weighted by Gasteiger charge is -2.02. The second-order valence-corrected chi connectivity index (χ2v) is 2.83. The molecule has 2 heteroatoms. The van der Waals surface area contributed by atoms with E-state index in [1.165, 1.54) is 12.0 Å². The zero-order chi connectivity index (χ0) is 8.53. The van der Waals surface area contributed by atoms with Crippen LogP contribution in [0.3, 0.4) is 0 Å². The number of nitrogens with one attached hydrogen (secondary N) is 1. The standard InChI is InChI=1S/C9H19NO/c1-9(2)8-10-6-4-5-7-11-3/h10H,1,4-8H2,2-3H3. The van der Waals surface area contributed by atoms with E-state index in [1.807, 2.05) is 6.92 Å². The van der Waals surface area contributed by atoms with Gasteiger partial charge in [-0.25, -0.2) is 0 Å². The molecule has 66 valence electrons. The zero-order valence-corrected chi connectivity index (χ0v) is 7.65. The van der Waals surface area contributed by atoms with Crippen LogP contribution >= 0.6 is 0 Å². The Bertz CT molecular complexity index is 102. The van der Waals surface area contributed by atoms with E-state index >= 15 is 0 Å². The van der Waals surface area contributed by atoms with Crippen molar-refractivity contribution in [3.8, 4) is 0 Å². The van der Waals surface area contributed by atoms with E-state index in [1.54, 1.807) is 7.11 Å². The molecule has 0 saturated carbocycles. The molecule has 0 aromatic carbocycles. The minimum absolute atomic E-state index is 0.870. The van der Waals surface area contributed by atoms with Gasteiger partial charge in [0.05, 0.1) is 0 Å². The molecule has 0 bridgehead atoms. The summed E-state index contributed by atoms with van der Waals surface area (Å²) >= 11 is 0. The SMILES string of the molecule is C=C(C)CNCCCCOC. The summed E-state index contributed by atoms with van der Waals surface area (Å²) in [6.07, 6.45) is 2.32. The van der Waals surface area contributed by atoms with Gasteiger partial charge in [-0.1, -0.05) is 12.2 Å². The first kappa shape index (κ1) is 10.7. The van der Waals surface area contributed by atoms with Crippen LogP contribution in [-0.4, -0.2) is 26.8 Å². The number of rotatable bonds is 7. The summed E-state index contributed by atoms with van der Waals surface area (Å²) < 4.78 is 4.92. The van der Waals surface area contributed by atoms with Crippen LogP contribution in [0, 0.1) is 0 Å². The Morgan fingerprint density at radius 3 is 2.73 bits per heavy atom. The summed E-state index contributed by atoms with van der Waals surface area (Å²) in [5.41, 5.74) is 1.19. The van der Waals surface area contributed by atoms with Gasteiger partial charge in [0, 0.05) is 20.3 Å². The first-order chi connectivity index (χ1) is 5.27. The van der Waals surface area contributed by atoms with Crippen LogP contribution in [0.15, 0.2) is 12.2 Å². The van der Waals surface area contributed by atoms with Crippen LogP contribution in [0.4, 0.5) is 0 Å². The molecule has 0 spiro atoms. The van der Waals surface area contributed by atoms with Crippen LogP contribution in [0.2, 0.25) is 0 Å². The van der Waals surface area contributed by atoms with Crippen molar-refractivity contribution >= 4 is 0 Å². The smallest absolute Gasteiger partial charge is 0.0462 e. The molecule has 1 N–H and O–H groups in total. The van der Waals surface area contributed by atoms with Crippen molar-refractivity contribution in [2.24, 2.45) is 0 Å². The number of hydrogen-bond donors (Lipinski definition) is 1. The Kier molecular flexibility index (Phi) is 7.52. The van der Waals surface area contributed by atoms with Gasteiger partial charge in [0.25, 0.3) is 0 Å². The topological polar surface area (TPSA) is 21.3 Å². The first-order valence-electron chi connectivity index (χ1n) is 4.11. The molecule has 0 atom stereocenters.